The van der Waals surface area contributed by atoms with Crippen molar-refractivity contribution < 1.29 is 15.0 Å². The Bertz CT molecular complexity index is 1150. The van der Waals surface area contributed by atoms with Crippen molar-refractivity contribution in [3.05, 3.63) is 47.8 Å². The van der Waals surface area contributed by atoms with Crippen molar-refractivity contribution in [2.45, 2.75) is 76.2 Å². The van der Waals surface area contributed by atoms with Gasteiger partial charge in [0.1, 0.15) is 5.69 Å². The van der Waals surface area contributed by atoms with Crippen molar-refractivity contribution in [2.24, 2.45) is 17.8 Å². The zero-order valence-electron chi connectivity index (χ0n) is 22.1. The first kappa shape index (κ1) is 24.6. The molecule has 1 aliphatic heterocycles. The first-order valence-corrected chi connectivity index (χ1v) is 13.8. The second kappa shape index (κ2) is 8.95. The van der Waals surface area contributed by atoms with E-state index in [1.807, 2.05) is 12.1 Å². The molecule has 0 radical (unpaired) electrons. The van der Waals surface area contributed by atoms with Crippen molar-refractivity contribution in [1.82, 2.24) is 15.3 Å². The Hall–Kier alpha value is -2.71. The minimum absolute atomic E-state index is 0.132. The Morgan fingerprint density at radius 3 is 2.41 bits per heavy atom. The predicted molar refractivity (Wildman–Crippen MR) is 142 cm³/mol. The van der Waals surface area contributed by atoms with Gasteiger partial charge in [0.2, 0.25) is 5.95 Å². The van der Waals surface area contributed by atoms with E-state index in [9.17, 15) is 15.0 Å². The van der Waals surface area contributed by atoms with Crippen LogP contribution in [-0.2, 0) is 5.60 Å². The number of amides is 1. The van der Waals surface area contributed by atoms with E-state index in [1.165, 1.54) is 0 Å². The number of hydrogen-bond acceptors (Lipinski definition) is 7. The molecular weight excluding hydrogens is 466 g/mol. The maximum absolute atomic E-state index is 13.3. The molecule has 2 aromatic rings. The van der Waals surface area contributed by atoms with Gasteiger partial charge in [0.25, 0.3) is 5.91 Å². The summed E-state index contributed by atoms with van der Waals surface area (Å²) in [6.45, 7) is 8.15. The first-order valence-electron chi connectivity index (χ1n) is 13.8. The monoisotopic (exact) mass is 505 g/mol. The van der Waals surface area contributed by atoms with Crippen LogP contribution in [0.15, 0.2) is 36.5 Å². The van der Waals surface area contributed by atoms with E-state index < -0.39 is 11.2 Å². The highest BCUT2D eigenvalue weighted by Crippen LogP contribution is 2.55. The molecule has 3 N–H and O–H groups in total. The van der Waals surface area contributed by atoms with Crippen LogP contribution in [0.25, 0.3) is 0 Å². The Morgan fingerprint density at radius 1 is 1.08 bits per heavy atom. The van der Waals surface area contributed by atoms with Crippen LogP contribution < -0.4 is 15.1 Å². The molecule has 4 aliphatic carbocycles. The minimum atomic E-state index is -0.851. The fraction of sp³-hybridized carbons (Fsp3) is 0.621. The number of aromatic nitrogens is 2. The maximum atomic E-state index is 13.3. The lowest BCUT2D eigenvalue weighted by atomic mass is 9.52. The van der Waals surface area contributed by atoms with Crippen molar-refractivity contribution in [3.63, 3.8) is 0 Å². The van der Waals surface area contributed by atoms with E-state index in [-0.39, 0.29) is 18.0 Å². The fourth-order valence-electron chi connectivity index (χ4n) is 7.62. The fourth-order valence-corrected chi connectivity index (χ4v) is 7.62. The third-order valence-corrected chi connectivity index (χ3v) is 9.24. The number of anilines is 2. The average molecular weight is 506 g/mol. The number of aliphatic hydroxyl groups is 2. The number of piperazine rings is 1. The standard InChI is InChI=1S/C29H39N5O3/c1-18-17-33(23-6-4-22(5-7-23)28(2,3)36)10-11-34(18)27-30-9-8-24(31-27)26(35)32-25-20-12-19-13-21(25)16-29(37,14-19)15-20/h4-9,18-21,25,36-37H,10-17H2,1-3H3,(H,32,35)/t18-,19?,20?,21?,25-,29-/m1/s1. The van der Waals surface area contributed by atoms with Crippen LogP contribution in [0, 0.1) is 17.8 Å². The van der Waals surface area contributed by atoms with Gasteiger partial charge in [-0.25, -0.2) is 9.97 Å². The van der Waals surface area contributed by atoms with Crippen LogP contribution in [0.3, 0.4) is 0 Å². The molecule has 8 heteroatoms. The molecule has 1 saturated heterocycles. The summed E-state index contributed by atoms with van der Waals surface area (Å²) in [6.07, 6.45) is 6.46. The molecule has 5 aliphatic rings. The summed E-state index contributed by atoms with van der Waals surface area (Å²) < 4.78 is 0. The average Bonchev–Trinajstić information content (AvgIpc) is 2.85. The summed E-state index contributed by atoms with van der Waals surface area (Å²) >= 11 is 0. The molecular formula is C29H39N5O3. The lowest BCUT2D eigenvalue weighted by Crippen LogP contribution is -2.61. The molecule has 198 valence electrons. The molecule has 4 saturated carbocycles. The van der Waals surface area contributed by atoms with E-state index in [0.29, 0.717) is 29.4 Å². The lowest BCUT2D eigenvalue weighted by Gasteiger charge is -2.58. The van der Waals surface area contributed by atoms with Gasteiger partial charge in [0.15, 0.2) is 0 Å². The molecule has 2 unspecified atom stereocenters. The number of rotatable bonds is 5. The number of carbonyl (C=O) groups excluding carboxylic acids is 1. The molecule has 2 heterocycles. The summed E-state index contributed by atoms with van der Waals surface area (Å²) in [5.41, 5.74) is 1.09. The van der Waals surface area contributed by atoms with E-state index in [4.69, 9.17) is 0 Å². The second-order valence-electron chi connectivity index (χ2n) is 12.5. The van der Waals surface area contributed by atoms with E-state index in [0.717, 1.165) is 63.0 Å². The van der Waals surface area contributed by atoms with Gasteiger partial charge >= 0.3 is 0 Å². The third kappa shape index (κ3) is 4.70. The quantitative estimate of drug-likeness (QED) is 0.574. The van der Waals surface area contributed by atoms with Crippen molar-refractivity contribution in [1.29, 1.82) is 0 Å². The highest BCUT2D eigenvalue weighted by atomic mass is 16.3. The predicted octanol–water partition coefficient (Wildman–Crippen LogP) is 3.09. The van der Waals surface area contributed by atoms with E-state index in [1.54, 1.807) is 26.1 Å². The molecule has 1 aromatic heterocycles. The summed E-state index contributed by atoms with van der Waals surface area (Å²) in [5, 5.41) is 24.4. The Kier molecular flexibility index (Phi) is 5.95. The largest absolute Gasteiger partial charge is 0.390 e. The zero-order chi connectivity index (χ0) is 25.9. The number of nitrogens with zero attached hydrogens (tertiary/aromatic N) is 4. The molecule has 8 nitrogen and oxygen atoms in total. The number of hydrogen-bond donors (Lipinski definition) is 3. The van der Waals surface area contributed by atoms with Crippen molar-refractivity contribution >= 4 is 17.5 Å². The molecule has 4 bridgehead atoms. The number of benzene rings is 1. The Balaban J connectivity index is 1.11. The highest BCUT2D eigenvalue weighted by molar-refractivity contribution is 5.92. The summed E-state index contributed by atoms with van der Waals surface area (Å²) in [7, 11) is 0. The molecule has 1 aromatic carbocycles. The van der Waals surface area contributed by atoms with Crippen molar-refractivity contribution in [3.8, 4) is 0 Å². The van der Waals surface area contributed by atoms with Gasteiger partial charge in [-0.2, -0.15) is 0 Å². The van der Waals surface area contributed by atoms with Gasteiger partial charge in [0.05, 0.1) is 11.2 Å². The number of carbonyl (C=O) groups is 1. The topological polar surface area (TPSA) is 102 Å². The van der Waals surface area contributed by atoms with Crippen LogP contribution in [0.2, 0.25) is 0 Å². The molecule has 3 atom stereocenters. The summed E-state index contributed by atoms with van der Waals surface area (Å²) in [4.78, 5) is 27.0. The maximum Gasteiger partial charge on any atom is 0.270 e. The van der Waals surface area contributed by atoms with E-state index >= 15 is 0 Å². The molecule has 37 heavy (non-hydrogen) atoms. The molecule has 1 amide bonds. The molecule has 7 rings (SSSR count). The van der Waals surface area contributed by atoms with Crippen LogP contribution in [0.4, 0.5) is 11.6 Å². The van der Waals surface area contributed by atoms with Gasteiger partial charge in [-0.15, -0.1) is 0 Å². The van der Waals surface area contributed by atoms with Gasteiger partial charge in [-0.1, -0.05) is 12.1 Å². The normalized spacial score (nSPS) is 33.1. The summed E-state index contributed by atoms with van der Waals surface area (Å²) in [5.74, 6) is 1.81. The van der Waals surface area contributed by atoms with Gasteiger partial charge in [-0.05, 0) is 94.4 Å². The SMILES string of the molecule is C[C@@H]1CN(c2ccc(C(C)(C)O)cc2)CCN1c1nccc(C(=O)N[C@H]2C3CC4CC2C[C@](O)(C4)C3)n1. The van der Waals surface area contributed by atoms with Crippen molar-refractivity contribution in [2.75, 3.05) is 29.4 Å². The van der Waals surface area contributed by atoms with Crippen LogP contribution >= 0.6 is 0 Å². The van der Waals surface area contributed by atoms with Crippen LogP contribution in [-0.4, -0.2) is 63.4 Å². The van der Waals surface area contributed by atoms with E-state index in [2.05, 4.69) is 44.1 Å². The minimum Gasteiger partial charge on any atom is -0.390 e. The highest BCUT2D eigenvalue weighted by Gasteiger charge is 2.55. The van der Waals surface area contributed by atoms with Crippen LogP contribution in [0.1, 0.15) is 68.9 Å². The Morgan fingerprint density at radius 2 is 1.78 bits per heavy atom. The first-order chi connectivity index (χ1) is 17.6. The molecule has 5 fully saturated rings. The van der Waals surface area contributed by atoms with Gasteiger partial charge in [0, 0.05) is 43.6 Å². The van der Waals surface area contributed by atoms with Crippen LogP contribution in [0.5, 0.6) is 0 Å². The summed E-state index contributed by atoms with van der Waals surface area (Å²) in [6, 6.07) is 10.1. The van der Waals surface area contributed by atoms with Gasteiger partial charge < -0.3 is 25.3 Å². The second-order valence-corrected chi connectivity index (χ2v) is 12.5. The Labute approximate surface area is 219 Å². The number of nitrogens with one attached hydrogen (secondary N) is 1. The zero-order valence-corrected chi connectivity index (χ0v) is 22.1. The third-order valence-electron chi connectivity index (χ3n) is 9.24. The molecule has 0 spiro atoms. The smallest absolute Gasteiger partial charge is 0.270 e. The lowest BCUT2D eigenvalue weighted by molar-refractivity contribution is -0.136. The van der Waals surface area contributed by atoms with Gasteiger partial charge in [-0.3, -0.25) is 4.79 Å².